The lowest BCUT2D eigenvalue weighted by Crippen LogP contribution is -2.25. The van der Waals surface area contributed by atoms with E-state index in [2.05, 4.69) is 30.5 Å². The highest BCUT2D eigenvalue weighted by atomic mass is 16.2. The van der Waals surface area contributed by atoms with Gasteiger partial charge in [0.2, 0.25) is 11.7 Å². The first-order chi connectivity index (χ1) is 9.77. The molecule has 1 atom stereocenters. The Hall–Kier alpha value is -2.31. The van der Waals surface area contributed by atoms with E-state index in [0.717, 1.165) is 6.42 Å². The zero-order valence-corrected chi connectivity index (χ0v) is 10.8. The average Bonchev–Trinajstić information content (AvgIpc) is 3.37. The summed E-state index contributed by atoms with van der Waals surface area (Å²) in [5.41, 5.74) is 0.997. The van der Waals surface area contributed by atoms with Crippen molar-refractivity contribution in [2.45, 2.75) is 25.8 Å². The molecular weight excluding hydrogens is 256 g/mol. The molecule has 2 saturated carbocycles. The maximum Gasteiger partial charge on any atom is 0.224 e. The van der Waals surface area contributed by atoms with Gasteiger partial charge in [0.1, 0.15) is 11.5 Å². The molecule has 2 heterocycles. The number of rotatable bonds is 4. The first-order valence-electron chi connectivity index (χ1n) is 6.72. The molecule has 2 aliphatic rings. The second-order valence-corrected chi connectivity index (χ2v) is 5.53. The number of nitrogens with zero attached hydrogens (tertiary/aromatic N) is 4. The van der Waals surface area contributed by atoms with Crippen molar-refractivity contribution in [3.05, 3.63) is 24.4 Å². The van der Waals surface area contributed by atoms with E-state index in [1.54, 1.807) is 18.6 Å². The van der Waals surface area contributed by atoms with Crippen molar-refractivity contribution in [2.75, 3.05) is 0 Å². The van der Waals surface area contributed by atoms with Crippen LogP contribution in [0.2, 0.25) is 0 Å². The lowest BCUT2D eigenvalue weighted by molar-refractivity contribution is -0.122. The van der Waals surface area contributed by atoms with Crippen LogP contribution < -0.4 is 5.32 Å². The molecule has 2 N–H and O–H groups in total. The van der Waals surface area contributed by atoms with Crippen molar-refractivity contribution < 1.29 is 4.79 Å². The summed E-state index contributed by atoms with van der Waals surface area (Å²) in [7, 11) is 0. The highest BCUT2D eigenvalue weighted by Crippen LogP contribution is 2.70. The molecule has 0 aromatic carbocycles. The summed E-state index contributed by atoms with van der Waals surface area (Å²) >= 11 is 0. The molecule has 20 heavy (non-hydrogen) atoms. The van der Waals surface area contributed by atoms with Crippen LogP contribution in [0.15, 0.2) is 18.6 Å². The van der Waals surface area contributed by atoms with Gasteiger partial charge in [0, 0.05) is 18.3 Å². The Morgan fingerprint density at radius 3 is 3.05 bits per heavy atom. The summed E-state index contributed by atoms with van der Waals surface area (Å²) in [6, 6.07) is 0. The molecule has 0 bridgehead atoms. The van der Waals surface area contributed by atoms with E-state index in [1.165, 1.54) is 12.8 Å². The molecule has 2 aliphatic carbocycles. The van der Waals surface area contributed by atoms with Crippen LogP contribution in [0.3, 0.4) is 0 Å². The summed E-state index contributed by atoms with van der Waals surface area (Å²) in [6.07, 6.45) is 8.27. The minimum absolute atomic E-state index is 0.139. The lowest BCUT2D eigenvalue weighted by Gasteiger charge is -2.01. The van der Waals surface area contributed by atoms with E-state index in [0.29, 0.717) is 29.3 Å². The fourth-order valence-corrected chi connectivity index (χ4v) is 2.63. The predicted octanol–water partition coefficient (Wildman–Crippen LogP) is 0.678. The molecule has 1 spiro atoms. The van der Waals surface area contributed by atoms with Crippen LogP contribution in [-0.2, 0) is 11.3 Å². The lowest BCUT2D eigenvalue weighted by atomic mass is 10.3. The van der Waals surface area contributed by atoms with Gasteiger partial charge in [-0.1, -0.05) is 0 Å². The Morgan fingerprint density at radius 1 is 1.45 bits per heavy atom. The Labute approximate surface area is 115 Å². The number of hydrogen-bond donors (Lipinski definition) is 2. The SMILES string of the molecule is O=C(NCc1nc(-c2cnccn2)n[nH]1)C1CC12CC2. The van der Waals surface area contributed by atoms with E-state index in [-0.39, 0.29) is 11.8 Å². The van der Waals surface area contributed by atoms with E-state index in [9.17, 15) is 4.79 Å². The van der Waals surface area contributed by atoms with Crippen molar-refractivity contribution in [3.8, 4) is 11.5 Å². The molecule has 7 heteroatoms. The number of carbonyl (C=O) groups is 1. The van der Waals surface area contributed by atoms with Crippen LogP contribution in [0.1, 0.15) is 25.1 Å². The van der Waals surface area contributed by atoms with Crippen molar-refractivity contribution >= 4 is 5.91 Å². The molecule has 7 nitrogen and oxygen atoms in total. The van der Waals surface area contributed by atoms with Gasteiger partial charge in [0.05, 0.1) is 12.7 Å². The molecule has 0 saturated heterocycles. The first kappa shape index (κ1) is 11.5. The van der Waals surface area contributed by atoms with Crippen molar-refractivity contribution in [1.82, 2.24) is 30.5 Å². The summed E-state index contributed by atoms with van der Waals surface area (Å²) < 4.78 is 0. The average molecular weight is 270 g/mol. The Balaban J connectivity index is 1.38. The van der Waals surface area contributed by atoms with Gasteiger partial charge in [-0.05, 0) is 24.7 Å². The van der Waals surface area contributed by atoms with Gasteiger partial charge in [-0.3, -0.25) is 14.9 Å². The first-order valence-corrected chi connectivity index (χ1v) is 6.72. The highest BCUT2D eigenvalue weighted by Gasteiger charge is 2.65. The van der Waals surface area contributed by atoms with Gasteiger partial charge in [0.15, 0.2) is 0 Å². The van der Waals surface area contributed by atoms with Crippen LogP contribution in [0.4, 0.5) is 0 Å². The third-order valence-corrected chi connectivity index (χ3v) is 4.15. The third kappa shape index (κ3) is 1.95. The second-order valence-electron chi connectivity index (χ2n) is 5.53. The van der Waals surface area contributed by atoms with Gasteiger partial charge in [-0.15, -0.1) is 0 Å². The third-order valence-electron chi connectivity index (χ3n) is 4.15. The van der Waals surface area contributed by atoms with E-state index < -0.39 is 0 Å². The Morgan fingerprint density at radius 2 is 2.35 bits per heavy atom. The number of aromatic nitrogens is 5. The van der Waals surface area contributed by atoms with Gasteiger partial charge in [0.25, 0.3) is 0 Å². The number of nitrogens with one attached hydrogen (secondary N) is 2. The zero-order valence-electron chi connectivity index (χ0n) is 10.8. The highest BCUT2D eigenvalue weighted by molar-refractivity contribution is 5.83. The number of hydrogen-bond acceptors (Lipinski definition) is 5. The van der Waals surface area contributed by atoms with Gasteiger partial charge < -0.3 is 5.32 Å². The Bertz CT molecular complexity index is 648. The topological polar surface area (TPSA) is 96.5 Å². The standard InChI is InChI=1S/C13H14N6O/c20-12(8-5-13(8)1-2-13)16-7-10-17-11(19-18-10)9-6-14-3-4-15-9/h3-4,6,8H,1-2,5,7H2,(H,16,20)(H,17,18,19). The van der Waals surface area contributed by atoms with E-state index in [4.69, 9.17) is 0 Å². The second kappa shape index (κ2) is 4.09. The maximum atomic E-state index is 11.9. The fourth-order valence-electron chi connectivity index (χ4n) is 2.63. The Kier molecular flexibility index (Phi) is 2.35. The minimum atomic E-state index is 0.139. The molecular formula is C13H14N6O. The summed E-state index contributed by atoms with van der Waals surface area (Å²) in [5.74, 6) is 1.49. The van der Waals surface area contributed by atoms with Crippen molar-refractivity contribution in [2.24, 2.45) is 11.3 Å². The van der Waals surface area contributed by atoms with Crippen LogP contribution in [0.5, 0.6) is 0 Å². The predicted molar refractivity (Wildman–Crippen MR) is 69.0 cm³/mol. The zero-order chi connectivity index (χ0) is 13.6. The summed E-state index contributed by atoms with van der Waals surface area (Å²) in [6.45, 7) is 0.374. The normalized spacial score (nSPS) is 21.7. The largest absolute Gasteiger partial charge is 0.349 e. The summed E-state index contributed by atoms with van der Waals surface area (Å²) in [5, 5.41) is 9.80. The van der Waals surface area contributed by atoms with Crippen LogP contribution in [0, 0.1) is 11.3 Å². The molecule has 1 amide bonds. The molecule has 2 fully saturated rings. The molecule has 102 valence electrons. The quantitative estimate of drug-likeness (QED) is 0.851. The number of amides is 1. The van der Waals surface area contributed by atoms with Crippen molar-refractivity contribution in [3.63, 3.8) is 0 Å². The molecule has 4 rings (SSSR count). The van der Waals surface area contributed by atoms with Crippen molar-refractivity contribution in [1.29, 1.82) is 0 Å². The molecule has 1 unspecified atom stereocenters. The number of carbonyl (C=O) groups excluding carboxylic acids is 1. The van der Waals surface area contributed by atoms with Crippen LogP contribution in [-0.4, -0.2) is 31.1 Å². The number of aromatic amines is 1. The van der Waals surface area contributed by atoms with E-state index >= 15 is 0 Å². The van der Waals surface area contributed by atoms with Gasteiger partial charge >= 0.3 is 0 Å². The monoisotopic (exact) mass is 270 g/mol. The number of H-pyrrole nitrogens is 1. The van der Waals surface area contributed by atoms with Gasteiger partial charge in [-0.2, -0.15) is 5.10 Å². The minimum Gasteiger partial charge on any atom is -0.349 e. The molecule has 0 aliphatic heterocycles. The van der Waals surface area contributed by atoms with E-state index in [1.807, 2.05) is 0 Å². The molecule has 0 radical (unpaired) electrons. The molecule has 2 aromatic rings. The van der Waals surface area contributed by atoms with Crippen LogP contribution >= 0.6 is 0 Å². The fraction of sp³-hybridized carbons (Fsp3) is 0.462. The maximum absolute atomic E-state index is 11.9. The summed E-state index contributed by atoms with van der Waals surface area (Å²) in [4.78, 5) is 24.3. The smallest absolute Gasteiger partial charge is 0.224 e. The molecule has 2 aromatic heterocycles. The van der Waals surface area contributed by atoms with Crippen LogP contribution in [0.25, 0.3) is 11.5 Å². The van der Waals surface area contributed by atoms with Gasteiger partial charge in [-0.25, -0.2) is 9.97 Å².